The van der Waals surface area contributed by atoms with Crippen LogP contribution in [0.5, 0.6) is 0 Å². The summed E-state index contributed by atoms with van der Waals surface area (Å²) in [7, 11) is -3.59. The van der Waals surface area contributed by atoms with Crippen molar-refractivity contribution in [2.24, 2.45) is 5.92 Å². The third-order valence-electron chi connectivity index (χ3n) is 5.18. The van der Waals surface area contributed by atoms with Crippen LogP contribution in [0.3, 0.4) is 0 Å². The molecule has 2 atom stereocenters. The third-order valence-corrected chi connectivity index (χ3v) is 6.36. The van der Waals surface area contributed by atoms with Crippen molar-refractivity contribution in [3.8, 4) is 0 Å². The molecule has 0 saturated heterocycles. The Morgan fingerprint density at radius 1 is 1.11 bits per heavy atom. The molecular weight excluding hydrogens is 360 g/mol. The van der Waals surface area contributed by atoms with E-state index in [-0.39, 0.29) is 5.91 Å². The molecular formula is C21H36N2O3S. The molecule has 27 heavy (non-hydrogen) atoms. The molecule has 2 unspecified atom stereocenters. The summed E-state index contributed by atoms with van der Waals surface area (Å²) in [5.41, 5.74) is 2.63. The average Bonchev–Trinajstić information content (AvgIpc) is 2.61. The van der Waals surface area contributed by atoms with Crippen molar-refractivity contribution in [2.75, 3.05) is 17.1 Å². The third kappa shape index (κ3) is 6.83. The summed E-state index contributed by atoms with van der Waals surface area (Å²) in [5.74, 6) is 0.204. The first-order chi connectivity index (χ1) is 12.6. The number of benzene rings is 1. The standard InChI is InChI=1S/C21H36N2O3S/c1-7-10-11-18(8-2)15-22-21(24)20(9-3)23(27(6,25)26)19-13-12-16(4)17(5)14-19/h12-14,18,20H,7-11,15H2,1-6H3,(H,22,24). The van der Waals surface area contributed by atoms with Crippen LogP contribution in [0.1, 0.15) is 64.0 Å². The van der Waals surface area contributed by atoms with Gasteiger partial charge in [0.2, 0.25) is 15.9 Å². The van der Waals surface area contributed by atoms with E-state index in [9.17, 15) is 13.2 Å². The predicted octanol–water partition coefficient (Wildman–Crippen LogP) is 4.18. The van der Waals surface area contributed by atoms with Gasteiger partial charge < -0.3 is 5.32 Å². The van der Waals surface area contributed by atoms with Crippen LogP contribution in [0.4, 0.5) is 5.69 Å². The van der Waals surface area contributed by atoms with Gasteiger partial charge in [0.1, 0.15) is 6.04 Å². The van der Waals surface area contributed by atoms with Crippen LogP contribution in [0, 0.1) is 19.8 Å². The van der Waals surface area contributed by atoms with Crippen LogP contribution in [-0.2, 0) is 14.8 Å². The first-order valence-electron chi connectivity index (χ1n) is 9.99. The Bertz CT molecular complexity index is 716. The van der Waals surface area contributed by atoms with E-state index in [1.807, 2.05) is 32.9 Å². The Hall–Kier alpha value is -1.56. The van der Waals surface area contributed by atoms with Gasteiger partial charge in [-0.2, -0.15) is 0 Å². The van der Waals surface area contributed by atoms with Gasteiger partial charge in [0, 0.05) is 6.54 Å². The topological polar surface area (TPSA) is 66.5 Å². The van der Waals surface area contributed by atoms with Crippen molar-refractivity contribution in [2.45, 2.75) is 72.8 Å². The minimum absolute atomic E-state index is 0.226. The molecule has 5 nitrogen and oxygen atoms in total. The number of unbranched alkanes of at least 4 members (excludes halogenated alkanes) is 1. The summed E-state index contributed by atoms with van der Waals surface area (Å²) in [6, 6.07) is 4.76. The van der Waals surface area contributed by atoms with Crippen LogP contribution < -0.4 is 9.62 Å². The first kappa shape index (κ1) is 23.5. The lowest BCUT2D eigenvalue weighted by Gasteiger charge is -2.31. The van der Waals surface area contributed by atoms with Gasteiger partial charge in [0.25, 0.3) is 0 Å². The zero-order valence-electron chi connectivity index (χ0n) is 17.7. The number of amides is 1. The molecule has 1 aromatic carbocycles. The van der Waals surface area contributed by atoms with E-state index in [0.717, 1.165) is 43.1 Å². The van der Waals surface area contributed by atoms with E-state index in [0.29, 0.717) is 24.6 Å². The molecule has 0 spiro atoms. The second-order valence-electron chi connectivity index (χ2n) is 7.41. The Morgan fingerprint density at radius 3 is 2.26 bits per heavy atom. The van der Waals surface area contributed by atoms with E-state index in [4.69, 9.17) is 0 Å². The Kier molecular flexibility index (Phi) is 9.30. The maximum atomic E-state index is 12.9. The Balaban J connectivity index is 3.04. The summed E-state index contributed by atoms with van der Waals surface area (Å²) in [4.78, 5) is 12.9. The fourth-order valence-corrected chi connectivity index (χ4v) is 4.43. The lowest BCUT2D eigenvalue weighted by molar-refractivity contribution is -0.122. The molecule has 0 aromatic heterocycles. The highest BCUT2D eigenvalue weighted by molar-refractivity contribution is 7.92. The Morgan fingerprint density at radius 2 is 1.78 bits per heavy atom. The zero-order valence-corrected chi connectivity index (χ0v) is 18.5. The molecule has 1 N–H and O–H groups in total. The molecule has 0 heterocycles. The molecule has 6 heteroatoms. The second-order valence-corrected chi connectivity index (χ2v) is 9.27. The monoisotopic (exact) mass is 396 g/mol. The first-order valence-corrected chi connectivity index (χ1v) is 11.8. The van der Waals surface area contributed by atoms with Gasteiger partial charge in [-0.05, 0) is 55.9 Å². The highest BCUT2D eigenvalue weighted by Gasteiger charge is 2.31. The quantitative estimate of drug-likeness (QED) is 0.610. The van der Waals surface area contributed by atoms with Crippen molar-refractivity contribution in [3.05, 3.63) is 29.3 Å². The van der Waals surface area contributed by atoms with Gasteiger partial charge >= 0.3 is 0 Å². The smallest absolute Gasteiger partial charge is 0.243 e. The van der Waals surface area contributed by atoms with Gasteiger partial charge in [-0.15, -0.1) is 0 Å². The van der Waals surface area contributed by atoms with Crippen molar-refractivity contribution in [1.82, 2.24) is 5.32 Å². The van der Waals surface area contributed by atoms with Crippen molar-refractivity contribution in [3.63, 3.8) is 0 Å². The highest BCUT2D eigenvalue weighted by atomic mass is 32.2. The van der Waals surface area contributed by atoms with Crippen molar-refractivity contribution >= 4 is 21.6 Å². The number of hydrogen-bond acceptors (Lipinski definition) is 3. The fourth-order valence-electron chi connectivity index (χ4n) is 3.23. The molecule has 0 aliphatic heterocycles. The van der Waals surface area contributed by atoms with Crippen LogP contribution >= 0.6 is 0 Å². The van der Waals surface area contributed by atoms with Gasteiger partial charge in [-0.1, -0.05) is 46.1 Å². The lowest BCUT2D eigenvalue weighted by atomic mass is 9.99. The predicted molar refractivity (Wildman–Crippen MR) is 114 cm³/mol. The zero-order chi connectivity index (χ0) is 20.6. The fraction of sp³-hybridized carbons (Fsp3) is 0.667. The largest absolute Gasteiger partial charge is 0.354 e. The summed E-state index contributed by atoms with van der Waals surface area (Å²) in [5, 5.41) is 3.00. The lowest BCUT2D eigenvalue weighted by Crippen LogP contribution is -2.50. The van der Waals surface area contributed by atoms with E-state index in [1.165, 1.54) is 4.31 Å². The number of nitrogens with one attached hydrogen (secondary N) is 1. The van der Waals surface area contributed by atoms with E-state index in [1.54, 1.807) is 6.07 Å². The summed E-state index contributed by atoms with van der Waals surface area (Å²) in [6.07, 6.45) is 5.94. The van der Waals surface area contributed by atoms with E-state index >= 15 is 0 Å². The van der Waals surface area contributed by atoms with Gasteiger partial charge in [-0.25, -0.2) is 8.42 Å². The number of rotatable bonds is 11. The average molecular weight is 397 g/mol. The SMILES string of the molecule is CCCCC(CC)CNC(=O)C(CC)N(c1ccc(C)c(C)c1)S(C)(=O)=O. The van der Waals surface area contributed by atoms with Crippen molar-refractivity contribution in [1.29, 1.82) is 0 Å². The molecule has 1 rings (SSSR count). The number of anilines is 1. The summed E-state index contributed by atoms with van der Waals surface area (Å²) < 4.78 is 26.3. The molecule has 0 fully saturated rings. The van der Waals surface area contributed by atoms with E-state index < -0.39 is 16.1 Å². The number of aryl methyl sites for hydroxylation is 2. The van der Waals surface area contributed by atoms with Gasteiger partial charge in [-0.3, -0.25) is 9.10 Å². The van der Waals surface area contributed by atoms with Crippen LogP contribution in [0.2, 0.25) is 0 Å². The maximum absolute atomic E-state index is 12.9. The number of carbonyl (C=O) groups is 1. The van der Waals surface area contributed by atoms with E-state index in [2.05, 4.69) is 19.2 Å². The number of nitrogens with zero attached hydrogens (tertiary/aromatic N) is 1. The number of hydrogen-bond donors (Lipinski definition) is 1. The normalized spacial score (nSPS) is 13.9. The van der Waals surface area contributed by atoms with Crippen LogP contribution in [0.25, 0.3) is 0 Å². The second kappa shape index (κ2) is 10.7. The summed E-state index contributed by atoms with van der Waals surface area (Å²) in [6.45, 7) is 10.6. The maximum Gasteiger partial charge on any atom is 0.243 e. The molecule has 0 bridgehead atoms. The minimum Gasteiger partial charge on any atom is -0.354 e. The molecule has 0 saturated carbocycles. The van der Waals surface area contributed by atoms with Gasteiger partial charge in [0.05, 0.1) is 11.9 Å². The molecule has 0 radical (unpaired) electrons. The number of sulfonamides is 1. The van der Waals surface area contributed by atoms with Crippen LogP contribution in [-0.4, -0.2) is 33.2 Å². The molecule has 0 aliphatic carbocycles. The molecule has 1 aromatic rings. The van der Waals surface area contributed by atoms with Crippen LogP contribution in [0.15, 0.2) is 18.2 Å². The van der Waals surface area contributed by atoms with Crippen molar-refractivity contribution < 1.29 is 13.2 Å². The molecule has 1 amide bonds. The van der Waals surface area contributed by atoms with Gasteiger partial charge in [0.15, 0.2) is 0 Å². The molecule has 0 aliphatic rings. The molecule has 154 valence electrons. The number of carbonyl (C=O) groups excluding carboxylic acids is 1. The highest BCUT2D eigenvalue weighted by Crippen LogP contribution is 2.25. The summed E-state index contributed by atoms with van der Waals surface area (Å²) >= 11 is 0. The Labute approximate surface area is 165 Å². The minimum atomic E-state index is -3.59.